The maximum absolute atomic E-state index is 9.52. The third-order valence-corrected chi connectivity index (χ3v) is 3.76. The maximum atomic E-state index is 9.52. The number of piperidine rings is 1. The second-order valence-electron chi connectivity index (χ2n) is 5.16. The van der Waals surface area contributed by atoms with Crippen LogP contribution in [0.1, 0.15) is 18.4 Å². The predicted octanol–water partition coefficient (Wildman–Crippen LogP) is 1.22. The lowest BCUT2D eigenvalue weighted by atomic mass is 9.80. The minimum Gasteiger partial charge on any atom is -0.396 e. The van der Waals surface area contributed by atoms with Gasteiger partial charge in [-0.1, -0.05) is 30.3 Å². The highest BCUT2D eigenvalue weighted by atomic mass is 16.3. The van der Waals surface area contributed by atoms with Crippen LogP contribution in [0, 0.1) is 5.41 Å². The van der Waals surface area contributed by atoms with E-state index < -0.39 is 0 Å². The highest BCUT2D eigenvalue weighted by Crippen LogP contribution is 2.29. The molecule has 94 valence electrons. The second-order valence-corrected chi connectivity index (χ2v) is 5.16. The van der Waals surface area contributed by atoms with Gasteiger partial charge >= 0.3 is 0 Å². The zero-order chi connectivity index (χ0) is 12.1. The first-order chi connectivity index (χ1) is 8.28. The molecule has 2 rings (SSSR count). The summed E-state index contributed by atoms with van der Waals surface area (Å²) in [4.78, 5) is 2.40. The molecule has 1 fully saturated rings. The fourth-order valence-corrected chi connectivity index (χ4v) is 2.65. The minimum absolute atomic E-state index is 0.0764. The Morgan fingerprint density at radius 1 is 1.29 bits per heavy atom. The first-order valence-corrected chi connectivity index (χ1v) is 6.35. The van der Waals surface area contributed by atoms with Crippen molar-refractivity contribution in [3.05, 3.63) is 35.9 Å². The molecule has 0 radical (unpaired) electrons. The summed E-state index contributed by atoms with van der Waals surface area (Å²) in [6.07, 6.45) is 2.18. The average Bonchev–Trinajstić information content (AvgIpc) is 2.40. The number of benzene rings is 1. The van der Waals surface area contributed by atoms with Crippen molar-refractivity contribution < 1.29 is 5.11 Å². The standard InChI is InChI=1S/C14H22N2O/c15-10-14(12-17)7-4-8-16(11-14)9-13-5-2-1-3-6-13/h1-3,5-6,17H,4,7-12,15H2. The lowest BCUT2D eigenvalue weighted by molar-refractivity contribution is 0.0353. The number of nitrogens with zero attached hydrogens (tertiary/aromatic N) is 1. The van der Waals surface area contributed by atoms with Crippen LogP contribution in [-0.2, 0) is 6.54 Å². The Morgan fingerprint density at radius 2 is 2.06 bits per heavy atom. The van der Waals surface area contributed by atoms with Gasteiger partial charge in [-0.25, -0.2) is 0 Å². The number of hydrogen-bond donors (Lipinski definition) is 2. The van der Waals surface area contributed by atoms with Crippen molar-refractivity contribution in [2.45, 2.75) is 19.4 Å². The molecule has 1 aliphatic heterocycles. The van der Waals surface area contributed by atoms with Crippen LogP contribution in [0.5, 0.6) is 0 Å². The highest BCUT2D eigenvalue weighted by Gasteiger charge is 2.33. The van der Waals surface area contributed by atoms with Gasteiger partial charge < -0.3 is 10.8 Å². The van der Waals surface area contributed by atoms with E-state index in [1.807, 2.05) is 6.07 Å². The van der Waals surface area contributed by atoms with Gasteiger partial charge in [0.05, 0.1) is 6.61 Å². The van der Waals surface area contributed by atoms with E-state index in [2.05, 4.69) is 29.2 Å². The smallest absolute Gasteiger partial charge is 0.0511 e. The molecule has 0 aromatic heterocycles. The molecule has 1 aromatic carbocycles. The topological polar surface area (TPSA) is 49.5 Å². The molecule has 1 atom stereocenters. The highest BCUT2D eigenvalue weighted by molar-refractivity contribution is 5.14. The minimum atomic E-state index is -0.0764. The average molecular weight is 234 g/mol. The SMILES string of the molecule is NCC1(CO)CCCN(Cc2ccccc2)C1. The Bertz CT molecular complexity index is 335. The Kier molecular flexibility index (Phi) is 4.15. The number of nitrogens with two attached hydrogens (primary N) is 1. The maximum Gasteiger partial charge on any atom is 0.0511 e. The lowest BCUT2D eigenvalue weighted by Crippen LogP contribution is -2.49. The van der Waals surface area contributed by atoms with Crippen molar-refractivity contribution in [3.8, 4) is 0 Å². The molecule has 0 bridgehead atoms. The molecule has 3 nitrogen and oxygen atoms in total. The zero-order valence-electron chi connectivity index (χ0n) is 10.3. The molecule has 3 heteroatoms. The molecule has 0 spiro atoms. The van der Waals surface area contributed by atoms with Gasteiger partial charge in [-0.15, -0.1) is 0 Å². The van der Waals surface area contributed by atoms with Gasteiger partial charge in [0.1, 0.15) is 0 Å². The number of hydrogen-bond acceptors (Lipinski definition) is 3. The fraction of sp³-hybridized carbons (Fsp3) is 0.571. The third-order valence-electron chi connectivity index (χ3n) is 3.76. The Hall–Kier alpha value is -0.900. The summed E-state index contributed by atoms with van der Waals surface area (Å²) in [5.74, 6) is 0. The summed E-state index contributed by atoms with van der Waals surface area (Å²) >= 11 is 0. The molecule has 1 unspecified atom stereocenters. The van der Waals surface area contributed by atoms with E-state index in [-0.39, 0.29) is 12.0 Å². The van der Waals surface area contributed by atoms with Gasteiger partial charge in [0.25, 0.3) is 0 Å². The first-order valence-electron chi connectivity index (χ1n) is 6.35. The molecule has 1 heterocycles. The second kappa shape index (κ2) is 5.63. The monoisotopic (exact) mass is 234 g/mol. The zero-order valence-corrected chi connectivity index (χ0v) is 10.3. The van der Waals surface area contributed by atoms with Crippen molar-refractivity contribution >= 4 is 0 Å². The summed E-state index contributed by atoms with van der Waals surface area (Å²) in [5, 5.41) is 9.52. The third kappa shape index (κ3) is 3.06. The van der Waals surface area contributed by atoms with Crippen molar-refractivity contribution in [2.24, 2.45) is 11.1 Å². The molecule has 0 aliphatic carbocycles. The Morgan fingerprint density at radius 3 is 2.71 bits per heavy atom. The van der Waals surface area contributed by atoms with E-state index in [0.717, 1.165) is 32.5 Å². The number of aliphatic hydroxyl groups is 1. The quantitative estimate of drug-likeness (QED) is 0.823. The normalized spacial score (nSPS) is 26.0. The lowest BCUT2D eigenvalue weighted by Gasteiger charge is -2.41. The summed E-state index contributed by atoms with van der Waals surface area (Å²) < 4.78 is 0. The number of rotatable bonds is 4. The van der Waals surface area contributed by atoms with Crippen LogP contribution in [0.15, 0.2) is 30.3 Å². The van der Waals surface area contributed by atoms with E-state index in [4.69, 9.17) is 5.73 Å². The van der Waals surface area contributed by atoms with Crippen LogP contribution in [-0.4, -0.2) is 36.2 Å². The van der Waals surface area contributed by atoms with Crippen LogP contribution in [0.25, 0.3) is 0 Å². The van der Waals surface area contributed by atoms with E-state index in [9.17, 15) is 5.11 Å². The van der Waals surface area contributed by atoms with E-state index in [0.29, 0.717) is 6.54 Å². The predicted molar refractivity (Wildman–Crippen MR) is 69.5 cm³/mol. The van der Waals surface area contributed by atoms with Crippen molar-refractivity contribution in [2.75, 3.05) is 26.2 Å². The molecule has 17 heavy (non-hydrogen) atoms. The van der Waals surface area contributed by atoms with E-state index in [1.165, 1.54) is 5.56 Å². The van der Waals surface area contributed by atoms with Gasteiger partial charge in [-0.3, -0.25) is 4.90 Å². The largest absolute Gasteiger partial charge is 0.396 e. The number of aliphatic hydroxyl groups excluding tert-OH is 1. The van der Waals surface area contributed by atoms with Crippen LogP contribution in [0.4, 0.5) is 0 Å². The van der Waals surface area contributed by atoms with Gasteiger partial charge in [-0.05, 0) is 24.9 Å². The summed E-state index contributed by atoms with van der Waals surface area (Å²) in [6, 6.07) is 10.5. The molecule has 3 N–H and O–H groups in total. The molecular formula is C14H22N2O. The molecule has 1 aromatic rings. The summed E-state index contributed by atoms with van der Waals surface area (Å²) in [7, 11) is 0. The Labute approximate surface area is 103 Å². The molecule has 0 amide bonds. The van der Waals surface area contributed by atoms with Crippen LogP contribution in [0.3, 0.4) is 0 Å². The van der Waals surface area contributed by atoms with Crippen LogP contribution >= 0.6 is 0 Å². The van der Waals surface area contributed by atoms with Gasteiger partial charge in [0, 0.05) is 25.0 Å². The van der Waals surface area contributed by atoms with Crippen molar-refractivity contribution in [1.82, 2.24) is 4.90 Å². The summed E-state index contributed by atoms with van der Waals surface area (Å²) in [5.41, 5.74) is 7.07. The van der Waals surface area contributed by atoms with E-state index in [1.54, 1.807) is 0 Å². The van der Waals surface area contributed by atoms with Gasteiger partial charge in [0.2, 0.25) is 0 Å². The van der Waals surface area contributed by atoms with Gasteiger partial charge in [0.15, 0.2) is 0 Å². The summed E-state index contributed by atoms with van der Waals surface area (Å²) in [6.45, 7) is 3.76. The first kappa shape index (κ1) is 12.6. The van der Waals surface area contributed by atoms with Crippen molar-refractivity contribution in [1.29, 1.82) is 0 Å². The fourth-order valence-electron chi connectivity index (χ4n) is 2.65. The van der Waals surface area contributed by atoms with E-state index >= 15 is 0 Å². The van der Waals surface area contributed by atoms with Crippen molar-refractivity contribution in [3.63, 3.8) is 0 Å². The number of likely N-dealkylation sites (tertiary alicyclic amines) is 1. The Balaban J connectivity index is 1.98. The van der Waals surface area contributed by atoms with Gasteiger partial charge in [-0.2, -0.15) is 0 Å². The molecular weight excluding hydrogens is 212 g/mol. The van der Waals surface area contributed by atoms with Crippen LogP contribution < -0.4 is 5.73 Å². The van der Waals surface area contributed by atoms with Crippen LogP contribution in [0.2, 0.25) is 0 Å². The molecule has 1 saturated heterocycles. The molecule has 0 saturated carbocycles. The molecule has 1 aliphatic rings.